The number of hydrogen-bond acceptors (Lipinski definition) is 4. The molecule has 0 aromatic heterocycles. The average Bonchev–Trinajstić information content (AvgIpc) is 2.55. The second-order valence-corrected chi connectivity index (χ2v) is 6.72. The van der Waals surface area contributed by atoms with Crippen molar-refractivity contribution in [1.29, 1.82) is 0 Å². The summed E-state index contributed by atoms with van der Waals surface area (Å²) in [4.78, 5) is 2.34. The number of methoxy groups -OCH3 is 1. The average molecular weight is 320 g/mol. The van der Waals surface area contributed by atoms with Crippen LogP contribution in [0.15, 0.2) is 24.3 Å². The number of aryl methyl sites for hydroxylation is 1. The van der Waals surface area contributed by atoms with Gasteiger partial charge in [-0.1, -0.05) is 36.8 Å². The molecular formula is C19H32N2O2. The van der Waals surface area contributed by atoms with Crippen LogP contribution in [0.1, 0.15) is 43.4 Å². The van der Waals surface area contributed by atoms with E-state index in [-0.39, 0.29) is 6.10 Å². The number of aliphatic hydroxyl groups excluding tert-OH is 1. The van der Waals surface area contributed by atoms with E-state index >= 15 is 0 Å². The molecule has 0 bridgehead atoms. The molecule has 1 heterocycles. The Balaban J connectivity index is 1.79. The van der Waals surface area contributed by atoms with Gasteiger partial charge in [0.25, 0.3) is 0 Å². The molecule has 130 valence electrons. The molecule has 2 rings (SSSR count). The van der Waals surface area contributed by atoms with Crippen molar-refractivity contribution in [3.05, 3.63) is 35.4 Å². The predicted molar refractivity (Wildman–Crippen MR) is 94.7 cm³/mol. The van der Waals surface area contributed by atoms with Crippen LogP contribution < -0.4 is 5.32 Å². The van der Waals surface area contributed by atoms with E-state index in [9.17, 15) is 5.11 Å². The van der Waals surface area contributed by atoms with Gasteiger partial charge in [0.05, 0.1) is 12.7 Å². The fourth-order valence-corrected chi connectivity index (χ4v) is 3.36. The maximum absolute atomic E-state index is 9.84. The van der Waals surface area contributed by atoms with Crippen LogP contribution in [-0.2, 0) is 4.74 Å². The van der Waals surface area contributed by atoms with Crippen LogP contribution in [0.2, 0.25) is 0 Å². The normalized spacial score (nSPS) is 19.7. The van der Waals surface area contributed by atoms with E-state index < -0.39 is 0 Å². The second-order valence-electron chi connectivity index (χ2n) is 6.72. The van der Waals surface area contributed by atoms with Crippen molar-refractivity contribution >= 4 is 0 Å². The summed E-state index contributed by atoms with van der Waals surface area (Å²) in [5.41, 5.74) is 2.70. The van der Waals surface area contributed by atoms with Crippen LogP contribution in [0, 0.1) is 6.92 Å². The highest BCUT2D eigenvalue weighted by molar-refractivity contribution is 5.24. The number of benzene rings is 1. The largest absolute Gasteiger partial charge is 0.389 e. The molecule has 0 aliphatic carbocycles. The quantitative estimate of drug-likeness (QED) is 0.772. The van der Waals surface area contributed by atoms with Crippen LogP contribution in [-0.4, -0.2) is 55.5 Å². The molecule has 0 amide bonds. The molecule has 1 aromatic carbocycles. The Morgan fingerprint density at radius 2 is 1.91 bits per heavy atom. The van der Waals surface area contributed by atoms with E-state index in [1.54, 1.807) is 7.11 Å². The maximum Gasteiger partial charge on any atom is 0.0900 e. The topological polar surface area (TPSA) is 44.7 Å². The summed E-state index contributed by atoms with van der Waals surface area (Å²) in [7, 11) is 1.63. The van der Waals surface area contributed by atoms with Gasteiger partial charge in [-0.25, -0.2) is 0 Å². The molecule has 23 heavy (non-hydrogen) atoms. The lowest BCUT2D eigenvalue weighted by atomic mass is 9.98. The van der Waals surface area contributed by atoms with Gasteiger partial charge in [-0.2, -0.15) is 0 Å². The molecule has 0 spiro atoms. The Labute approximate surface area is 140 Å². The van der Waals surface area contributed by atoms with Gasteiger partial charge >= 0.3 is 0 Å². The van der Waals surface area contributed by atoms with Crippen LogP contribution in [0.4, 0.5) is 0 Å². The molecule has 2 unspecified atom stereocenters. The minimum Gasteiger partial charge on any atom is -0.389 e. The van der Waals surface area contributed by atoms with Gasteiger partial charge in [0, 0.05) is 25.7 Å². The first-order valence-electron chi connectivity index (χ1n) is 8.84. The van der Waals surface area contributed by atoms with Gasteiger partial charge in [0.1, 0.15) is 0 Å². The summed E-state index contributed by atoms with van der Waals surface area (Å²) in [6.07, 6.45) is 3.01. The molecular weight excluding hydrogens is 288 g/mol. The maximum atomic E-state index is 9.84. The highest BCUT2D eigenvalue weighted by atomic mass is 16.5. The number of hydrogen-bond donors (Lipinski definition) is 2. The van der Waals surface area contributed by atoms with Crippen molar-refractivity contribution in [3.63, 3.8) is 0 Å². The zero-order chi connectivity index (χ0) is 16.7. The number of β-amino-alcohol motifs (C(OH)–C–C–N with tert-alkyl or cyclic N) is 1. The predicted octanol–water partition coefficient (Wildman–Crippen LogP) is 2.51. The summed E-state index contributed by atoms with van der Waals surface area (Å²) in [5, 5.41) is 13.7. The number of aliphatic hydroxyl groups is 1. The molecule has 1 aromatic rings. The Morgan fingerprint density at radius 3 is 2.48 bits per heavy atom. The smallest absolute Gasteiger partial charge is 0.0900 e. The van der Waals surface area contributed by atoms with Crippen molar-refractivity contribution in [3.8, 4) is 0 Å². The van der Waals surface area contributed by atoms with E-state index in [2.05, 4.69) is 48.3 Å². The molecule has 1 aliphatic heterocycles. The first-order chi connectivity index (χ1) is 11.1. The van der Waals surface area contributed by atoms with Gasteiger partial charge in [-0.3, -0.25) is 0 Å². The Kier molecular flexibility index (Phi) is 7.50. The Hall–Kier alpha value is -0.940. The Morgan fingerprint density at radius 1 is 1.26 bits per heavy atom. The van der Waals surface area contributed by atoms with Gasteiger partial charge < -0.3 is 20.1 Å². The zero-order valence-corrected chi connectivity index (χ0v) is 14.8. The van der Waals surface area contributed by atoms with Gasteiger partial charge in [-0.05, 0) is 44.8 Å². The summed E-state index contributed by atoms with van der Waals surface area (Å²) in [5.74, 6) is 0. The monoisotopic (exact) mass is 320 g/mol. The number of nitrogens with zero attached hydrogens (tertiary/aromatic N) is 1. The fraction of sp³-hybridized carbons (Fsp3) is 0.684. The van der Waals surface area contributed by atoms with Crippen molar-refractivity contribution in [2.45, 2.75) is 51.3 Å². The Bertz CT molecular complexity index is 441. The third-order valence-electron chi connectivity index (χ3n) is 4.74. The van der Waals surface area contributed by atoms with E-state index in [1.807, 2.05) is 0 Å². The van der Waals surface area contributed by atoms with E-state index in [0.717, 1.165) is 38.9 Å². The standard InChI is InChI=1S/C19H32N2O2/c1-4-19(16-7-5-15(2)6-8-16)20-17-9-11-21(12-10-17)13-18(22)14-23-3/h5-8,17-20,22H,4,9-14H2,1-3H3. The highest BCUT2D eigenvalue weighted by Gasteiger charge is 2.23. The minimum absolute atomic E-state index is 0.375. The molecule has 2 N–H and O–H groups in total. The first-order valence-corrected chi connectivity index (χ1v) is 8.84. The van der Waals surface area contributed by atoms with Crippen LogP contribution >= 0.6 is 0 Å². The third-order valence-corrected chi connectivity index (χ3v) is 4.74. The number of likely N-dealkylation sites (tertiary alicyclic amines) is 1. The molecule has 0 radical (unpaired) electrons. The molecule has 0 saturated carbocycles. The highest BCUT2D eigenvalue weighted by Crippen LogP contribution is 2.21. The van der Waals surface area contributed by atoms with E-state index in [0.29, 0.717) is 18.7 Å². The summed E-state index contributed by atoms with van der Waals surface area (Å²) in [6.45, 7) is 7.60. The van der Waals surface area contributed by atoms with Crippen molar-refractivity contribution in [2.75, 3.05) is 33.4 Å². The third kappa shape index (κ3) is 5.88. The molecule has 1 saturated heterocycles. The minimum atomic E-state index is -0.375. The van der Waals surface area contributed by atoms with Crippen molar-refractivity contribution in [2.24, 2.45) is 0 Å². The molecule has 4 heteroatoms. The number of nitrogens with one attached hydrogen (secondary N) is 1. The second kappa shape index (κ2) is 9.38. The van der Waals surface area contributed by atoms with Crippen LogP contribution in [0.3, 0.4) is 0 Å². The van der Waals surface area contributed by atoms with Crippen LogP contribution in [0.25, 0.3) is 0 Å². The van der Waals surface area contributed by atoms with Crippen molar-refractivity contribution in [1.82, 2.24) is 10.2 Å². The SMILES string of the molecule is CCC(NC1CCN(CC(O)COC)CC1)c1ccc(C)cc1. The van der Waals surface area contributed by atoms with Crippen molar-refractivity contribution < 1.29 is 9.84 Å². The number of rotatable bonds is 8. The first kappa shape index (κ1) is 18.4. The fourth-order valence-electron chi connectivity index (χ4n) is 3.36. The number of ether oxygens (including phenoxy) is 1. The van der Waals surface area contributed by atoms with E-state index in [4.69, 9.17) is 4.74 Å². The molecule has 2 atom stereocenters. The molecule has 1 fully saturated rings. The molecule has 1 aliphatic rings. The lowest BCUT2D eigenvalue weighted by molar-refractivity contribution is 0.0307. The summed E-state index contributed by atoms with van der Waals surface area (Å²) < 4.78 is 5.00. The zero-order valence-electron chi connectivity index (χ0n) is 14.8. The van der Waals surface area contributed by atoms with Gasteiger partial charge in [0.2, 0.25) is 0 Å². The lowest BCUT2D eigenvalue weighted by Crippen LogP contribution is -2.46. The number of piperidine rings is 1. The van der Waals surface area contributed by atoms with Gasteiger partial charge in [0.15, 0.2) is 0 Å². The molecule has 4 nitrogen and oxygen atoms in total. The lowest BCUT2D eigenvalue weighted by Gasteiger charge is -2.35. The van der Waals surface area contributed by atoms with Crippen LogP contribution in [0.5, 0.6) is 0 Å². The summed E-state index contributed by atoms with van der Waals surface area (Å²) >= 11 is 0. The summed E-state index contributed by atoms with van der Waals surface area (Å²) in [6, 6.07) is 9.88. The van der Waals surface area contributed by atoms with Gasteiger partial charge in [-0.15, -0.1) is 0 Å². The van der Waals surface area contributed by atoms with E-state index in [1.165, 1.54) is 11.1 Å².